The molecule has 156 valence electrons. The maximum atomic E-state index is 12.2. The van der Waals surface area contributed by atoms with Gasteiger partial charge in [0.05, 0.1) is 0 Å². The van der Waals surface area contributed by atoms with Crippen molar-refractivity contribution in [3.63, 3.8) is 0 Å². The third-order valence-electron chi connectivity index (χ3n) is 4.53. The van der Waals surface area contributed by atoms with Gasteiger partial charge < -0.3 is 20.9 Å². The maximum Gasteiger partial charge on any atom is 0.246 e. The number of aryl methyl sites for hydroxylation is 1. The van der Waals surface area contributed by atoms with Crippen LogP contribution in [-0.2, 0) is 16.0 Å². The Hall–Kier alpha value is -1.84. The Labute approximate surface area is 184 Å². The van der Waals surface area contributed by atoms with Crippen LogP contribution in [0, 0.1) is 0 Å². The smallest absolute Gasteiger partial charge is 0.246 e. The molecule has 0 radical (unpaired) electrons. The summed E-state index contributed by atoms with van der Waals surface area (Å²) in [6.07, 6.45) is 2.34. The van der Waals surface area contributed by atoms with Gasteiger partial charge in [0.25, 0.3) is 0 Å². The van der Waals surface area contributed by atoms with Gasteiger partial charge in [-0.2, -0.15) is 0 Å². The molecule has 0 spiro atoms. The Bertz CT molecular complexity index is 680. The first kappa shape index (κ1) is 24.2. The highest BCUT2D eigenvalue weighted by molar-refractivity contribution is 14.0. The summed E-state index contributed by atoms with van der Waals surface area (Å²) in [6, 6.07) is 7.98. The molecule has 2 amide bonds. The van der Waals surface area contributed by atoms with Gasteiger partial charge in [-0.15, -0.1) is 24.0 Å². The molecule has 1 unspecified atom stereocenters. The number of hydrogen-bond donors (Lipinski definition) is 3. The van der Waals surface area contributed by atoms with E-state index in [1.165, 1.54) is 5.56 Å². The van der Waals surface area contributed by atoms with E-state index < -0.39 is 0 Å². The summed E-state index contributed by atoms with van der Waals surface area (Å²) >= 11 is 0. The highest BCUT2D eigenvalue weighted by Crippen LogP contribution is 2.11. The van der Waals surface area contributed by atoms with E-state index in [2.05, 4.69) is 27.9 Å². The van der Waals surface area contributed by atoms with Crippen molar-refractivity contribution >= 4 is 47.4 Å². The van der Waals surface area contributed by atoms with E-state index in [0.717, 1.165) is 25.1 Å². The number of nitrogens with one attached hydrogen (secondary N) is 3. The molecule has 0 saturated carbocycles. The van der Waals surface area contributed by atoms with Crippen LogP contribution < -0.4 is 16.0 Å². The summed E-state index contributed by atoms with van der Waals surface area (Å²) in [7, 11) is 0. The third kappa shape index (κ3) is 7.65. The van der Waals surface area contributed by atoms with Gasteiger partial charge in [-0.25, -0.2) is 4.99 Å². The number of guanidine groups is 1. The van der Waals surface area contributed by atoms with Gasteiger partial charge in [-0.3, -0.25) is 9.59 Å². The summed E-state index contributed by atoms with van der Waals surface area (Å²) < 4.78 is 0. The fourth-order valence-corrected chi connectivity index (χ4v) is 3.06. The number of aliphatic imine (C=N–C) groups is 1. The van der Waals surface area contributed by atoms with Crippen molar-refractivity contribution in [1.82, 2.24) is 15.5 Å². The van der Waals surface area contributed by atoms with Crippen molar-refractivity contribution in [2.24, 2.45) is 4.99 Å². The van der Waals surface area contributed by atoms with Crippen molar-refractivity contribution in [2.45, 2.75) is 46.1 Å². The van der Waals surface area contributed by atoms with Crippen molar-refractivity contribution in [2.75, 3.05) is 31.5 Å². The van der Waals surface area contributed by atoms with E-state index >= 15 is 0 Å². The maximum absolute atomic E-state index is 12.2. The molecule has 1 saturated heterocycles. The second-order valence-electron chi connectivity index (χ2n) is 6.62. The van der Waals surface area contributed by atoms with E-state index in [9.17, 15) is 9.59 Å². The first-order chi connectivity index (χ1) is 13.0. The SMILES string of the molecule is CCNC(=NCC(=O)Nc1cccc(CC)c1)NC1CCN(C(=O)CC)C1.I. The van der Waals surface area contributed by atoms with Crippen LogP contribution in [0.1, 0.15) is 39.2 Å². The fourth-order valence-electron chi connectivity index (χ4n) is 3.06. The van der Waals surface area contributed by atoms with Crippen LogP contribution in [0.2, 0.25) is 0 Å². The van der Waals surface area contributed by atoms with Crippen molar-refractivity contribution in [3.05, 3.63) is 29.8 Å². The first-order valence-corrected chi connectivity index (χ1v) is 9.77. The van der Waals surface area contributed by atoms with E-state index in [4.69, 9.17) is 0 Å². The monoisotopic (exact) mass is 501 g/mol. The number of anilines is 1. The molecule has 1 aliphatic heterocycles. The number of amides is 2. The second kappa shape index (κ2) is 12.6. The molecule has 1 atom stereocenters. The van der Waals surface area contributed by atoms with Crippen LogP contribution in [0.3, 0.4) is 0 Å². The van der Waals surface area contributed by atoms with Crippen LogP contribution in [0.4, 0.5) is 5.69 Å². The second-order valence-corrected chi connectivity index (χ2v) is 6.62. The summed E-state index contributed by atoms with van der Waals surface area (Å²) in [4.78, 5) is 30.3. The molecule has 0 aliphatic carbocycles. The number of carbonyl (C=O) groups is 2. The zero-order valence-electron chi connectivity index (χ0n) is 17.0. The molecular formula is C20H32IN5O2. The molecule has 1 aromatic carbocycles. The number of benzene rings is 1. The molecule has 3 N–H and O–H groups in total. The minimum absolute atomic E-state index is 0. The van der Waals surface area contributed by atoms with Gasteiger partial charge >= 0.3 is 0 Å². The van der Waals surface area contributed by atoms with Crippen LogP contribution >= 0.6 is 24.0 Å². The number of likely N-dealkylation sites (tertiary alicyclic amines) is 1. The average Bonchev–Trinajstić information content (AvgIpc) is 3.14. The lowest BCUT2D eigenvalue weighted by molar-refractivity contribution is -0.129. The van der Waals surface area contributed by atoms with Crippen molar-refractivity contribution < 1.29 is 9.59 Å². The van der Waals surface area contributed by atoms with E-state index in [1.54, 1.807) is 0 Å². The molecule has 28 heavy (non-hydrogen) atoms. The summed E-state index contributed by atoms with van der Waals surface area (Å²) in [5.41, 5.74) is 1.97. The number of halogens is 1. The van der Waals surface area contributed by atoms with Crippen LogP contribution in [-0.4, -0.2) is 54.9 Å². The number of rotatable bonds is 7. The van der Waals surface area contributed by atoms with Crippen LogP contribution in [0.15, 0.2) is 29.3 Å². The Balaban J connectivity index is 0.00000392. The molecular weight excluding hydrogens is 469 g/mol. The Morgan fingerprint density at radius 1 is 1.25 bits per heavy atom. The topological polar surface area (TPSA) is 85.8 Å². The van der Waals surface area contributed by atoms with Crippen LogP contribution in [0.5, 0.6) is 0 Å². The first-order valence-electron chi connectivity index (χ1n) is 9.77. The zero-order valence-corrected chi connectivity index (χ0v) is 19.3. The van der Waals surface area contributed by atoms with Crippen molar-refractivity contribution in [3.8, 4) is 0 Å². The minimum Gasteiger partial charge on any atom is -0.357 e. The molecule has 1 fully saturated rings. The molecule has 1 aromatic rings. The van der Waals surface area contributed by atoms with E-state index in [0.29, 0.717) is 25.5 Å². The molecule has 7 nitrogen and oxygen atoms in total. The predicted molar refractivity (Wildman–Crippen MR) is 124 cm³/mol. The van der Waals surface area contributed by atoms with E-state index in [1.807, 2.05) is 43.0 Å². The molecule has 0 aromatic heterocycles. The van der Waals surface area contributed by atoms with Gasteiger partial charge in [0.2, 0.25) is 11.8 Å². The molecule has 0 bridgehead atoms. The Morgan fingerprint density at radius 3 is 2.71 bits per heavy atom. The summed E-state index contributed by atoms with van der Waals surface area (Å²) in [5.74, 6) is 0.621. The molecule has 2 rings (SSSR count). The Morgan fingerprint density at radius 2 is 2.04 bits per heavy atom. The van der Waals surface area contributed by atoms with Gasteiger partial charge in [0.1, 0.15) is 6.54 Å². The minimum atomic E-state index is -0.158. The fraction of sp³-hybridized carbons (Fsp3) is 0.550. The highest BCUT2D eigenvalue weighted by Gasteiger charge is 2.25. The lowest BCUT2D eigenvalue weighted by atomic mass is 10.1. The quantitative estimate of drug-likeness (QED) is 0.304. The van der Waals surface area contributed by atoms with Gasteiger partial charge in [0.15, 0.2) is 5.96 Å². The van der Waals surface area contributed by atoms with E-state index in [-0.39, 0.29) is 48.4 Å². The predicted octanol–water partition coefficient (Wildman–Crippen LogP) is 2.37. The number of hydrogen-bond acceptors (Lipinski definition) is 3. The van der Waals surface area contributed by atoms with Gasteiger partial charge in [0, 0.05) is 37.8 Å². The van der Waals surface area contributed by atoms with Gasteiger partial charge in [-0.1, -0.05) is 26.0 Å². The highest BCUT2D eigenvalue weighted by atomic mass is 127. The van der Waals surface area contributed by atoms with Crippen LogP contribution in [0.25, 0.3) is 0 Å². The van der Waals surface area contributed by atoms with Crippen molar-refractivity contribution in [1.29, 1.82) is 0 Å². The normalized spacial score (nSPS) is 16.3. The third-order valence-corrected chi connectivity index (χ3v) is 4.53. The molecule has 1 heterocycles. The molecule has 8 heteroatoms. The summed E-state index contributed by atoms with van der Waals surface area (Å²) in [6.45, 7) is 8.12. The molecule has 1 aliphatic rings. The largest absolute Gasteiger partial charge is 0.357 e. The van der Waals surface area contributed by atoms with Gasteiger partial charge in [-0.05, 0) is 37.5 Å². The zero-order chi connectivity index (χ0) is 19.6. The Kier molecular flexibility index (Phi) is 10.9. The lowest BCUT2D eigenvalue weighted by Crippen LogP contribution is -2.45. The number of carbonyl (C=O) groups excluding carboxylic acids is 2. The summed E-state index contributed by atoms with van der Waals surface area (Å²) in [5, 5.41) is 9.37. The lowest BCUT2D eigenvalue weighted by Gasteiger charge is -2.18. The average molecular weight is 501 g/mol. The number of nitrogens with zero attached hydrogens (tertiary/aromatic N) is 2. The standard InChI is InChI=1S/C20H31N5O2.HI/c1-4-15-8-7-9-16(12-15)23-18(26)13-22-20(21-6-3)24-17-10-11-25(14-17)19(27)5-2;/h7-9,12,17H,4-6,10-11,13-14H2,1-3H3,(H,23,26)(H2,21,22,24);1H.